The van der Waals surface area contributed by atoms with E-state index in [4.69, 9.17) is 8.37 Å². The van der Waals surface area contributed by atoms with Gasteiger partial charge in [-0.1, -0.05) is 47.0 Å². The monoisotopic (exact) mass is 438 g/mol. The van der Waals surface area contributed by atoms with Crippen molar-refractivity contribution in [3.8, 4) is 0 Å². The molecule has 4 rings (SSSR count). The normalized spacial score (nSPS) is 19.8. The Kier molecular flexibility index (Phi) is 6.17. The Morgan fingerprint density at radius 1 is 1.00 bits per heavy atom. The zero-order valence-corrected chi connectivity index (χ0v) is 17.4. The Labute approximate surface area is 180 Å². The van der Waals surface area contributed by atoms with Gasteiger partial charge in [-0.25, -0.2) is 4.39 Å². The summed E-state index contributed by atoms with van der Waals surface area (Å²) in [4.78, 5) is 16.8. The maximum absolute atomic E-state index is 14.2. The predicted octanol–water partition coefficient (Wildman–Crippen LogP) is 4.18. The molecular formula is C22H19FN4O3S. The summed E-state index contributed by atoms with van der Waals surface area (Å²) in [7, 11) is -1.33. The van der Waals surface area contributed by atoms with E-state index in [0.29, 0.717) is 21.7 Å². The fourth-order valence-corrected chi connectivity index (χ4v) is 5.01. The van der Waals surface area contributed by atoms with E-state index in [1.54, 1.807) is 67.0 Å². The highest BCUT2D eigenvalue weighted by Gasteiger charge is 2.40. The molecule has 1 amide bonds. The number of hydrogen-bond acceptors (Lipinski definition) is 6. The third-order valence-corrected chi connectivity index (χ3v) is 6.94. The van der Waals surface area contributed by atoms with Crippen LogP contribution in [0.5, 0.6) is 0 Å². The van der Waals surface area contributed by atoms with Crippen molar-refractivity contribution in [2.45, 2.75) is 6.61 Å². The van der Waals surface area contributed by atoms with Crippen LogP contribution in [0.25, 0.3) is 0 Å². The molecular weight excluding hydrogens is 419 g/mol. The van der Waals surface area contributed by atoms with Gasteiger partial charge in [0.1, 0.15) is 12.4 Å². The smallest absolute Gasteiger partial charge is 0.257 e. The van der Waals surface area contributed by atoms with Crippen LogP contribution in [0.2, 0.25) is 0 Å². The van der Waals surface area contributed by atoms with Gasteiger partial charge in [0.25, 0.3) is 5.91 Å². The first-order chi connectivity index (χ1) is 15.1. The summed E-state index contributed by atoms with van der Waals surface area (Å²) in [5.74, 6) is -0.783. The van der Waals surface area contributed by atoms with Gasteiger partial charge in [-0.2, -0.15) is 0 Å². The zero-order chi connectivity index (χ0) is 21.7. The van der Waals surface area contributed by atoms with Crippen LogP contribution in [0.4, 0.5) is 4.39 Å². The molecule has 2 aromatic carbocycles. The summed E-state index contributed by atoms with van der Waals surface area (Å²) in [5, 5.41) is 11.7. The molecule has 1 N–H and O–H groups in total. The van der Waals surface area contributed by atoms with Crippen molar-refractivity contribution in [1.29, 1.82) is 0 Å². The lowest BCUT2D eigenvalue weighted by Gasteiger charge is -2.38. The molecule has 9 heteroatoms. The van der Waals surface area contributed by atoms with E-state index in [1.807, 2.05) is 6.07 Å². The number of carbonyl (C=O) groups excluding carboxylic acids is 1. The number of aromatic nitrogens is 1. The molecule has 0 spiro atoms. The van der Waals surface area contributed by atoms with Crippen molar-refractivity contribution in [2.75, 3.05) is 7.11 Å². The zero-order valence-electron chi connectivity index (χ0n) is 16.6. The third kappa shape index (κ3) is 4.24. The van der Waals surface area contributed by atoms with E-state index in [1.165, 1.54) is 13.2 Å². The number of benzene rings is 2. The van der Waals surface area contributed by atoms with Gasteiger partial charge in [0, 0.05) is 29.1 Å². The summed E-state index contributed by atoms with van der Waals surface area (Å²) >= 11 is 0. The average molecular weight is 438 g/mol. The quantitative estimate of drug-likeness (QED) is 0.626. The second kappa shape index (κ2) is 9.17. The number of nitrogens with one attached hydrogen (secondary N) is 1. The van der Waals surface area contributed by atoms with Gasteiger partial charge >= 0.3 is 0 Å². The van der Waals surface area contributed by atoms with Gasteiger partial charge in [0.15, 0.2) is 5.04 Å². The van der Waals surface area contributed by atoms with Gasteiger partial charge in [0.2, 0.25) is 5.17 Å². The summed E-state index contributed by atoms with van der Waals surface area (Å²) in [5.41, 5.74) is 1.47. The number of pyridine rings is 1. The van der Waals surface area contributed by atoms with E-state index in [-0.39, 0.29) is 17.7 Å². The molecule has 1 aliphatic heterocycles. The maximum Gasteiger partial charge on any atom is 0.257 e. The Balaban J connectivity index is 1.67. The van der Waals surface area contributed by atoms with Gasteiger partial charge in [-0.05, 0) is 30.3 Å². The van der Waals surface area contributed by atoms with Crippen molar-refractivity contribution in [2.24, 2.45) is 10.2 Å². The minimum atomic E-state index is -2.78. The van der Waals surface area contributed by atoms with Crippen molar-refractivity contribution in [3.63, 3.8) is 0 Å². The molecule has 0 aliphatic carbocycles. The van der Waals surface area contributed by atoms with Crippen LogP contribution in [0.1, 0.15) is 21.5 Å². The van der Waals surface area contributed by atoms with Crippen LogP contribution in [-0.4, -0.2) is 28.2 Å². The standard InChI is InChI=1S/C22H19FN4O3S/c1-29-31(30-15-18-9-5-6-10-19(18)23)21(17-11-13-24-14-12-17)26-27-22(31)25-20(28)16-7-3-2-4-8-16/h2-14H,15H2,1H3,(H,25,27,28). The predicted molar refractivity (Wildman–Crippen MR) is 118 cm³/mol. The van der Waals surface area contributed by atoms with Crippen molar-refractivity contribution < 1.29 is 17.6 Å². The van der Waals surface area contributed by atoms with Gasteiger partial charge < -0.3 is 0 Å². The Hall–Kier alpha value is -3.40. The van der Waals surface area contributed by atoms with Crippen LogP contribution in [-0.2, 0) is 15.0 Å². The van der Waals surface area contributed by atoms with Crippen LogP contribution >= 0.6 is 10.6 Å². The number of nitrogens with zero attached hydrogens (tertiary/aromatic N) is 3. The number of rotatable bonds is 6. The molecule has 0 fully saturated rings. The van der Waals surface area contributed by atoms with E-state index >= 15 is 0 Å². The fraction of sp³-hybridized carbons (Fsp3) is 0.0909. The highest BCUT2D eigenvalue weighted by atomic mass is 32.3. The van der Waals surface area contributed by atoms with Crippen molar-refractivity contribution in [1.82, 2.24) is 10.3 Å². The summed E-state index contributed by atoms with van der Waals surface area (Å²) in [6.45, 7) is -0.0970. The Bertz CT molecular complexity index is 1140. The molecule has 1 aromatic heterocycles. The molecule has 1 unspecified atom stereocenters. The average Bonchev–Trinajstić information content (AvgIpc) is 3.17. The third-order valence-electron chi connectivity index (χ3n) is 4.50. The minimum Gasteiger partial charge on any atom is -0.291 e. The molecule has 3 aromatic rings. The second-order valence-electron chi connectivity index (χ2n) is 6.39. The first kappa shape index (κ1) is 20.9. The number of amides is 1. The molecule has 2 heterocycles. The van der Waals surface area contributed by atoms with Crippen LogP contribution in [0.3, 0.4) is 0 Å². The molecule has 0 saturated heterocycles. The first-order valence-electron chi connectivity index (χ1n) is 9.33. The van der Waals surface area contributed by atoms with Crippen LogP contribution in [0.15, 0.2) is 89.3 Å². The lowest BCUT2D eigenvalue weighted by molar-refractivity contribution is 0.0977. The Morgan fingerprint density at radius 2 is 1.71 bits per heavy atom. The highest BCUT2D eigenvalue weighted by molar-refractivity contribution is 8.49. The number of amidine groups is 1. The van der Waals surface area contributed by atoms with Crippen LogP contribution in [0, 0.1) is 5.82 Å². The number of halogens is 1. The lowest BCUT2D eigenvalue weighted by Crippen LogP contribution is -2.36. The van der Waals surface area contributed by atoms with E-state index in [0.717, 1.165) is 0 Å². The molecule has 1 aliphatic rings. The van der Waals surface area contributed by atoms with Gasteiger partial charge in [-0.15, -0.1) is 10.2 Å². The molecule has 0 radical (unpaired) electrons. The second-order valence-corrected chi connectivity index (χ2v) is 8.74. The van der Waals surface area contributed by atoms with E-state index in [2.05, 4.69) is 20.5 Å². The largest absolute Gasteiger partial charge is 0.291 e. The molecule has 158 valence electrons. The van der Waals surface area contributed by atoms with Crippen LogP contribution < -0.4 is 5.32 Å². The summed E-state index contributed by atoms with van der Waals surface area (Å²) < 4.78 is 26.2. The molecule has 7 nitrogen and oxygen atoms in total. The summed E-state index contributed by atoms with van der Waals surface area (Å²) in [6, 6.07) is 18.5. The van der Waals surface area contributed by atoms with E-state index in [9.17, 15) is 9.18 Å². The van der Waals surface area contributed by atoms with Crippen molar-refractivity contribution >= 4 is 26.7 Å². The Morgan fingerprint density at radius 3 is 2.42 bits per heavy atom. The van der Waals surface area contributed by atoms with Gasteiger partial charge in [-0.3, -0.25) is 23.5 Å². The SMILES string of the molecule is COS1(OCc2ccccc2F)C(NC(=O)c2ccccc2)=NN=C1c1ccncc1. The number of carbonyl (C=O) groups is 1. The maximum atomic E-state index is 14.2. The molecule has 31 heavy (non-hydrogen) atoms. The molecule has 1 atom stereocenters. The lowest BCUT2D eigenvalue weighted by atomic mass is 10.2. The fourth-order valence-electron chi connectivity index (χ4n) is 2.93. The molecule has 0 bridgehead atoms. The van der Waals surface area contributed by atoms with E-state index < -0.39 is 16.4 Å². The highest BCUT2D eigenvalue weighted by Crippen LogP contribution is 2.57. The number of hydrogen-bond donors (Lipinski definition) is 1. The topological polar surface area (TPSA) is 85.2 Å². The van der Waals surface area contributed by atoms with Gasteiger partial charge in [0.05, 0.1) is 7.11 Å². The minimum absolute atomic E-state index is 0.0970. The summed E-state index contributed by atoms with van der Waals surface area (Å²) in [6.07, 6.45) is 3.21. The van der Waals surface area contributed by atoms with Crippen molar-refractivity contribution in [3.05, 3.63) is 102 Å². The first-order valence-corrected chi connectivity index (χ1v) is 10.8. The molecule has 0 saturated carbocycles.